The topological polar surface area (TPSA) is 29.5 Å². The van der Waals surface area contributed by atoms with Gasteiger partial charge in [0.25, 0.3) is 0 Å². The molecule has 0 aromatic heterocycles. The van der Waals surface area contributed by atoms with Crippen molar-refractivity contribution < 1.29 is 9.84 Å². The molecule has 0 spiro atoms. The van der Waals surface area contributed by atoms with Crippen molar-refractivity contribution in [2.24, 2.45) is 0 Å². The molecule has 94 valence electrons. The first-order valence-electron chi connectivity index (χ1n) is 5.55. The summed E-state index contributed by atoms with van der Waals surface area (Å²) in [4.78, 5) is 0.885. The Morgan fingerprint density at radius 2 is 1.94 bits per heavy atom. The highest BCUT2D eigenvalue weighted by atomic mass is 79.9. The monoisotopic (exact) mass is 324 g/mol. The molecule has 0 amide bonds. The minimum absolute atomic E-state index is 0.324. The maximum Gasteiger partial charge on any atom is 0.129 e. The summed E-state index contributed by atoms with van der Waals surface area (Å²) in [5, 5.41) is 9.60. The van der Waals surface area contributed by atoms with Crippen LogP contribution in [-0.2, 0) is 0 Å². The van der Waals surface area contributed by atoms with E-state index in [-0.39, 0.29) is 0 Å². The van der Waals surface area contributed by atoms with Crippen LogP contribution in [0.3, 0.4) is 0 Å². The van der Waals surface area contributed by atoms with Gasteiger partial charge in [0.15, 0.2) is 0 Å². The van der Waals surface area contributed by atoms with Gasteiger partial charge in [0, 0.05) is 15.1 Å². The molecule has 0 aliphatic heterocycles. The number of rotatable bonds is 5. The Balaban J connectivity index is 1.78. The minimum atomic E-state index is 0.324. The van der Waals surface area contributed by atoms with Crippen LogP contribution in [-0.4, -0.2) is 17.5 Å². The first-order valence-corrected chi connectivity index (χ1v) is 7.33. The van der Waals surface area contributed by atoms with Crippen LogP contribution in [0.5, 0.6) is 11.5 Å². The summed E-state index contributed by atoms with van der Waals surface area (Å²) < 4.78 is 6.62. The summed E-state index contributed by atoms with van der Waals surface area (Å²) in [6.45, 7) is 0.607. The number of hydrogen-bond donors (Lipinski definition) is 1. The molecule has 0 fully saturated rings. The van der Waals surface area contributed by atoms with E-state index in [2.05, 4.69) is 15.9 Å². The van der Waals surface area contributed by atoms with E-state index in [1.807, 2.05) is 42.5 Å². The quantitative estimate of drug-likeness (QED) is 0.655. The van der Waals surface area contributed by atoms with Crippen molar-refractivity contribution in [1.82, 2.24) is 0 Å². The molecule has 2 aromatic carbocycles. The second-order valence-corrected chi connectivity index (χ2v) is 5.67. The van der Waals surface area contributed by atoms with Crippen LogP contribution in [0.25, 0.3) is 0 Å². The second-order valence-electron chi connectivity index (χ2n) is 3.62. The normalized spacial score (nSPS) is 10.3. The predicted octanol–water partition coefficient (Wildman–Crippen LogP) is 4.33. The summed E-state index contributed by atoms with van der Waals surface area (Å²) in [5.41, 5.74) is 0. The van der Waals surface area contributed by atoms with Gasteiger partial charge in [-0.25, -0.2) is 0 Å². The van der Waals surface area contributed by atoms with E-state index in [4.69, 9.17) is 4.74 Å². The molecule has 0 saturated heterocycles. The van der Waals surface area contributed by atoms with E-state index in [1.54, 1.807) is 17.8 Å². The van der Waals surface area contributed by atoms with Gasteiger partial charge in [-0.15, -0.1) is 11.8 Å². The van der Waals surface area contributed by atoms with E-state index in [1.165, 1.54) is 0 Å². The molecule has 0 aliphatic carbocycles. The molecule has 0 saturated carbocycles. The first kappa shape index (κ1) is 13.3. The average Bonchev–Trinajstić information content (AvgIpc) is 2.37. The van der Waals surface area contributed by atoms with Gasteiger partial charge in [0.05, 0.1) is 6.61 Å². The Kier molecular flexibility index (Phi) is 4.96. The van der Waals surface area contributed by atoms with Crippen molar-refractivity contribution in [3.05, 3.63) is 53.0 Å². The number of halogens is 1. The van der Waals surface area contributed by atoms with E-state index < -0.39 is 0 Å². The smallest absolute Gasteiger partial charge is 0.129 e. The number of ether oxygens (including phenoxy) is 1. The van der Waals surface area contributed by atoms with Crippen LogP contribution >= 0.6 is 27.7 Å². The van der Waals surface area contributed by atoms with Gasteiger partial charge < -0.3 is 9.84 Å². The lowest BCUT2D eigenvalue weighted by Gasteiger charge is -2.07. The summed E-state index contributed by atoms with van der Waals surface area (Å²) >= 11 is 4.98. The fourth-order valence-corrected chi connectivity index (χ4v) is 2.60. The van der Waals surface area contributed by atoms with Crippen molar-refractivity contribution in [3.63, 3.8) is 0 Å². The van der Waals surface area contributed by atoms with Gasteiger partial charge in [-0.3, -0.25) is 0 Å². The van der Waals surface area contributed by atoms with Crippen molar-refractivity contribution in [2.75, 3.05) is 12.4 Å². The molecule has 2 nitrogen and oxygen atoms in total. The maximum atomic E-state index is 9.60. The fourth-order valence-electron chi connectivity index (χ4n) is 1.45. The Hall–Kier alpha value is -1.13. The molecule has 0 radical (unpaired) electrons. The maximum absolute atomic E-state index is 9.60. The predicted molar refractivity (Wildman–Crippen MR) is 78.5 cm³/mol. The van der Waals surface area contributed by atoms with E-state index >= 15 is 0 Å². The molecule has 0 bridgehead atoms. The van der Waals surface area contributed by atoms with Crippen molar-refractivity contribution in [1.29, 1.82) is 0 Å². The number of para-hydroxylation sites is 1. The molecule has 0 aliphatic rings. The van der Waals surface area contributed by atoms with Crippen LogP contribution in [0.2, 0.25) is 0 Å². The lowest BCUT2D eigenvalue weighted by Crippen LogP contribution is -1.99. The van der Waals surface area contributed by atoms with Crippen LogP contribution < -0.4 is 4.74 Å². The second kappa shape index (κ2) is 6.71. The molecule has 2 aromatic rings. The molecule has 0 unspecified atom stereocenters. The fraction of sp³-hybridized carbons (Fsp3) is 0.143. The number of aromatic hydroxyl groups is 1. The van der Waals surface area contributed by atoms with Gasteiger partial charge in [-0.2, -0.15) is 0 Å². The highest BCUT2D eigenvalue weighted by molar-refractivity contribution is 9.10. The van der Waals surface area contributed by atoms with Gasteiger partial charge in [0.1, 0.15) is 11.5 Å². The number of benzene rings is 2. The molecular formula is C14H13BrO2S. The lowest BCUT2D eigenvalue weighted by molar-refractivity contribution is 0.343. The van der Waals surface area contributed by atoms with E-state index in [9.17, 15) is 5.11 Å². The summed E-state index contributed by atoms with van der Waals surface area (Å²) in [6, 6.07) is 15.1. The highest BCUT2D eigenvalue weighted by Gasteiger charge is 2.00. The van der Waals surface area contributed by atoms with Crippen molar-refractivity contribution >= 4 is 27.7 Å². The van der Waals surface area contributed by atoms with Gasteiger partial charge in [-0.05, 0) is 30.3 Å². The van der Waals surface area contributed by atoms with Crippen LogP contribution in [0, 0.1) is 0 Å². The van der Waals surface area contributed by atoms with Crippen LogP contribution in [0.15, 0.2) is 57.9 Å². The van der Waals surface area contributed by atoms with Crippen molar-refractivity contribution in [2.45, 2.75) is 4.90 Å². The van der Waals surface area contributed by atoms with Gasteiger partial charge >= 0.3 is 0 Å². The lowest BCUT2D eigenvalue weighted by atomic mass is 10.3. The van der Waals surface area contributed by atoms with Crippen LogP contribution in [0.1, 0.15) is 0 Å². The van der Waals surface area contributed by atoms with Crippen molar-refractivity contribution in [3.8, 4) is 11.5 Å². The van der Waals surface area contributed by atoms with E-state index in [0.29, 0.717) is 12.4 Å². The van der Waals surface area contributed by atoms with E-state index in [0.717, 1.165) is 20.9 Å². The minimum Gasteiger partial charge on any atom is -0.507 e. The Labute approximate surface area is 119 Å². The summed E-state index contributed by atoms with van der Waals surface area (Å²) in [6.07, 6.45) is 0. The molecule has 2 rings (SSSR count). The Bertz CT molecular complexity index is 517. The standard InChI is InChI=1S/C14H13BrO2S/c15-11-4-3-5-12(10-11)17-8-9-18-14-7-2-1-6-13(14)16/h1-7,10,16H,8-9H2. The number of phenols is 1. The average molecular weight is 325 g/mol. The van der Waals surface area contributed by atoms with Gasteiger partial charge in [0.2, 0.25) is 0 Å². The highest BCUT2D eigenvalue weighted by Crippen LogP contribution is 2.27. The molecule has 0 heterocycles. The zero-order chi connectivity index (χ0) is 12.8. The molecule has 1 N–H and O–H groups in total. The third-order valence-corrected chi connectivity index (χ3v) is 3.79. The molecule has 18 heavy (non-hydrogen) atoms. The third kappa shape index (κ3) is 3.96. The summed E-state index contributed by atoms with van der Waals surface area (Å²) in [5.74, 6) is 1.97. The molecular weight excluding hydrogens is 312 g/mol. The zero-order valence-corrected chi connectivity index (χ0v) is 12.1. The third-order valence-electron chi connectivity index (χ3n) is 2.27. The largest absolute Gasteiger partial charge is 0.507 e. The number of thioether (sulfide) groups is 1. The number of phenolic OH excluding ortho intramolecular Hbond substituents is 1. The SMILES string of the molecule is Oc1ccccc1SCCOc1cccc(Br)c1. The van der Waals surface area contributed by atoms with Gasteiger partial charge in [-0.1, -0.05) is 34.1 Å². The number of hydrogen-bond acceptors (Lipinski definition) is 3. The summed E-state index contributed by atoms with van der Waals surface area (Å²) in [7, 11) is 0. The molecule has 4 heteroatoms. The Morgan fingerprint density at radius 3 is 2.72 bits per heavy atom. The molecule has 0 atom stereocenters. The van der Waals surface area contributed by atoms with Crippen LogP contribution in [0.4, 0.5) is 0 Å². The first-order chi connectivity index (χ1) is 8.75. The zero-order valence-electron chi connectivity index (χ0n) is 9.67. The Morgan fingerprint density at radius 1 is 1.11 bits per heavy atom.